The highest BCUT2D eigenvalue weighted by Gasteiger charge is 2.13. The van der Waals surface area contributed by atoms with Crippen molar-refractivity contribution in [3.05, 3.63) is 53.6 Å². The van der Waals surface area contributed by atoms with Crippen LogP contribution in [0.5, 0.6) is 0 Å². The van der Waals surface area contributed by atoms with Gasteiger partial charge in [0.05, 0.1) is 23.7 Å². The first-order valence-electron chi connectivity index (χ1n) is 6.47. The molecule has 2 aromatic carbocycles. The zero-order valence-electron chi connectivity index (χ0n) is 11.3. The van der Waals surface area contributed by atoms with E-state index in [4.69, 9.17) is 5.11 Å². The number of anilines is 1. The molecule has 7 heteroatoms. The fourth-order valence-electron chi connectivity index (χ4n) is 2.12. The van der Waals surface area contributed by atoms with Gasteiger partial charge < -0.3 is 10.4 Å². The topological polar surface area (TPSA) is 92.2 Å². The minimum atomic E-state index is -1.04. The molecule has 22 heavy (non-hydrogen) atoms. The molecule has 0 aliphatic carbocycles. The van der Waals surface area contributed by atoms with Crippen molar-refractivity contribution in [1.29, 1.82) is 0 Å². The van der Waals surface area contributed by atoms with Crippen LogP contribution in [0.15, 0.2) is 42.5 Å². The Hall–Kier alpha value is -2.80. The van der Waals surface area contributed by atoms with Crippen LogP contribution in [0.2, 0.25) is 0 Å². The standard InChI is InChI=1S/C15H11N3O3S/c19-14(7-9-3-1-2-4-11(9)15(20)21)16-10-5-6-12-13(8-10)18-22-17-12/h1-6,8H,7H2,(H,16,19)(H,20,21). The number of amides is 1. The van der Waals surface area contributed by atoms with Crippen molar-refractivity contribution >= 4 is 40.3 Å². The number of carbonyl (C=O) groups is 2. The van der Waals surface area contributed by atoms with Crippen molar-refractivity contribution in [2.45, 2.75) is 6.42 Å². The van der Waals surface area contributed by atoms with Crippen molar-refractivity contribution in [1.82, 2.24) is 8.75 Å². The molecule has 0 saturated heterocycles. The van der Waals surface area contributed by atoms with Crippen molar-refractivity contribution in [2.24, 2.45) is 0 Å². The van der Waals surface area contributed by atoms with E-state index < -0.39 is 5.97 Å². The van der Waals surface area contributed by atoms with Gasteiger partial charge in [0, 0.05) is 5.69 Å². The Kier molecular flexibility index (Phi) is 3.80. The number of hydrogen-bond acceptors (Lipinski definition) is 5. The molecule has 1 heterocycles. The van der Waals surface area contributed by atoms with Gasteiger partial charge in [-0.3, -0.25) is 4.79 Å². The molecule has 6 nitrogen and oxygen atoms in total. The van der Waals surface area contributed by atoms with Gasteiger partial charge in [-0.05, 0) is 29.8 Å². The highest BCUT2D eigenvalue weighted by atomic mass is 32.1. The number of carboxylic acid groups (broad SMARTS) is 1. The zero-order valence-corrected chi connectivity index (χ0v) is 12.1. The normalized spacial score (nSPS) is 10.5. The molecule has 0 bridgehead atoms. The van der Waals surface area contributed by atoms with Crippen LogP contribution in [0.4, 0.5) is 5.69 Å². The van der Waals surface area contributed by atoms with E-state index in [0.717, 1.165) is 17.2 Å². The second-order valence-electron chi connectivity index (χ2n) is 4.65. The lowest BCUT2D eigenvalue weighted by Crippen LogP contribution is -2.16. The number of hydrogen-bond donors (Lipinski definition) is 2. The maximum atomic E-state index is 12.1. The first kappa shape index (κ1) is 14.2. The van der Waals surface area contributed by atoms with Crippen molar-refractivity contribution in [2.75, 3.05) is 5.32 Å². The minimum absolute atomic E-state index is 0.00414. The summed E-state index contributed by atoms with van der Waals surface area (Å²) in [6.45, 7) is 0. The summed E-state index contributed by atoms with van der Waals surface area (Å²) in [4.78, 5) is 23.2. The largest absolute Gasteiger partial charge is 0.478 e. The summed E-state index contributed by atoms with van der Waals surface area (Å²) in [7, 11) is 0. The molecule has 0 atom stereocenters. The van der Waals surface area contributed by atoms with Gasteiger partial charge >= 0.3 is 5.97 Å². The number of carbonyl (C=O) groups excluding carboxylic acids is 1. The van der Waals surface area contributed by atoms with Crippen LogP contribution in [0.1, 0.15) is 15.9 Å². The maximum absolute atomic E-state index is 12.1. The number of nitrogens with zero attached hydrogens (tertiary/aromatic N) is 2. The van der Waals surface area contributed by atoms with Crippen LogP contribution in [-0.4, -0.2) is 25.7 Å². The Morgan fingerprint density at radius 3 is 2.68 bits per heavy atom. The Balaban J connectivity index is 1.76. The van der Waals surface area contributed by atoms with Gasteiger partial charge in [-0.2, -0.15) is 8.75 Å². The molecule has 0 saturated carbocycles. The van der Waals surface area contributed by atoms with Crippen molar-refractivity contribution in [3.8, 4) is 0 Å². The number of rotatable bonds is 4. The lowest BCUT2D eigenvalue weighted by atomic mass is 10.0. The van der Waals surface area contributed by atoms with E-state index in [0.29, 0.717) is 16.8 Å². The zero-order chi connectivity index (χ0) is 15.5. The van der Waals surface area contributed by atoms with Gasteiger partial charge in [0.2, 0.25) is 5.91 Å². The third-order valence-corrected chi connectivity index (χ3v) is 3.69. The van der Waals surface area contributed by atoms with Crippen LogP contribution in [0.3, 0.4) is 0 Å². The smallest absolute Gasteiger partial charge is 0.335 e. The number of aromatic nitrogens is 2. The fraction of sp³-hybridized carbons (Fsp3) is 0.0667. The summed E-state index contributed by atoms with van der Waals surface area (Å²) < 4.78 is 8.20. The third kappa shape index (κ3) is 2.94. The lowest BCUT2D eigenvalue weighted by molar-refractivity contribution is -0.115. The second kappa shape index (κ2) is 5.90. The Labute approximate surface area is 129 Å². The fourth-order valence-corrected chi connectivity index (χ4v) is 2.64. The molecular formula is C15H11N3O3S. The summed E-state index contributed by atoms with van der Waals surface area (Å²) >= 11 is 1.11. The molecule has 1 amide bonds. The Morgan fingerprint density at radius 1 is 1.09 bits per heavy atom. The van der Waals surface area contributed by atoms with Crippen molar-refractivity contribution in [3.63, 3.8) is 0 Å². The van der Waals surface area contributed by atoms with Gasteiger partial charge in [0.15, 0.2) is 0 Å². The molecule has 0 unspecified atom stereocenters. The van der Waals surface area contributed by atoms with Crippen LogP contribution in [0, 0.1) is 0 Å². The van der Waals surface area contributed by atoms with Gasteiger partial charge in [-0.15, -0.1) is 0 Å². The van der Waals surface area contributed by atoms with E-state index >= 15 is 0 Å². The van der Waals surface area contributed by atoms with E-state index in [1.54, 1.807) is 36.4 Å². The quantitative estimate of drug-likeness (QED) is 0.772. The predicted molar refractivity (Wildman–Crippen MR) is 83.2 cm³/mol. The average Bonchev–Trinajstić information content (AvgIpc) is 2.95. The van der Waals surface area contributed by atoms with E-state index in [-0.39, 0.29) is 17.9 Å². The molecule has 3 rings (SSSR count). The van der Waals surface area contributed by atoms with Gasteiger partial charge in [0.25, 0.3) is 0 Å². The van der Waals surface area contributed by atoms with Gasteiger partial charge in [-0.1, -0.05) is 18.2 Å². The summed E-state index contributed by atoms with van der Waals surface area (Å²) in [5.74, 6) is -1.32. The molecular weight excluding hydrogens is 302 g/mol. The Bertz CT molecular complexity index is 860. The average molecular weight is 313 g/mol. The predicted octanol–water partition coefficient (Wildman–Crippen LogP) is 2.57. The van der Waals surface area contributed by atoms with Crippen LogP contribution in [0.25, 0.3) is 11.0 Å². The molecule has 1 aromatic heterocycles. The first-order valence-corrected chi connectivity index (χ1v) is 7.20. The number of benzene rings is 2. The number of fused-ring (bicyclic) bond motifs is 1. The van der Waals surface area contributed by atoms with E-state index in [9.17, 15) is 9.59 Å². The van der Waals surface area contributed by atoms with E-state index in [1.807, 2.05) is 0 Å². The first-order chi connectivity index (χ1) is 10.6. The minimum Gasteiger partial charge on any atom is -0.478 e. The van der Waals surface area contributed by atoms with Crippen LogP contribution >= 0.6 is 11.7 Å². The molecule has 0 aliphatic heterocycles. The summed E-state index contributed by atoms with van der Waals surface area (Å²) in [5.41, 5.74) is 2.71. The molecule has 0 spiro atoms. The number of carboxylic acids is 1. The molecule has 0 fully saturated rings. The third-order valence-electron chi connectivity index (χ3n) is 3.14. The van der Waals surface area contributed by atoms with Gasteiger partial charge in [-0.25, -0.2) is 4.79 Å². The number of nitrogens with one attached hydrogen (secondary N) is 1. The Morgan fingerprint density at radius 2 is 1.86 bits per heavy atom. The lowest BCUT2D eigenvalue weighted by Gasteiger charge is -2.07. The number of aromatic carboxylic acids is 1. The molecule has 2 N–H and O–H groups in total. The SMILES string of the molecule is O=C(Cc1ccccc1C(=O)O)Nc1ccc2nsnc2c1. The highest BCUT2D eigenvalue weighted by Crippen LogP contribution is 2.18. The second-order valence-corrected chi connectivity index (χ2v) is 5.18. The summed E-state index contributed by atoms with van der Waals surface area (Å²) in [5, 5.41) is 11.9. The van der Waals surface area contributed by atoms with Crippen LogP contribution < -0.4 is 5.32 Å². The molecule has 0 aliphatic rings. The monoisotopic (exact) mass is 313 g/mol. The summed E-state index contributed by atoms with van der Waals surface area (Å²) in [6, 6.07) is 11.7. The van der Waals surface area contributed by atoms with E-state index in [2.05, 4.69) is 14.1 Å². The highest BCUT2D eigenvalue weighted by molar-refractivity contribution is 7.00. The molecule has 110 valence electrons. The maximum Gasteiger partial charge on any atom is 0.335 e. The summed E-state index contributed by atoms with van der Waals surface area (Å²) in [6.07, 6.45) is -0.00414. The van der Waals surface area contributed by atoms with Crippen molar-refractivity contribution < 1.29 is 14.7 Å². The van der Waals surface area contributed by atoms with E-state index in [1.165, 1.54) is 6.07 Å². The molecule has 0 radical (unpaired) electrons. The van der Waals surface area contributed by atoms with Gasteiger partial charge in [0.1, 0.15) is 11.0 Å². The molecule has 3 aromatic rings. The van der Waals surface area contributed by atoms with Crippen LogP contribution in [-0.2, 0) is 11.2 Å².